The Morgan fingerprint density at radius 3 is 2.56 bits per heavy atom. The molecule has 0 aliphatic heterocycles. The molecule has 49 valence electrons. The van der Waals surface area contributed by atoms with Gasteiger partial charge in [-0.1, -0.05) is 38.7 Å². The molecular formula is C6H13Si3. The lowest BCUT2D eigenvalue weighted by molar-refractivity contribution is 0.701. The normalized spacial score (nSPS) is 10.0. The van der Waals surface area contributed by atoms with Crippen molar-refractivity contribution in [2.45, 2.75) is 38.7 Å². The van der Waals surface area contributed by atoms with Crippen LogP contribution < -0.4 is 0 Å². The molecule has 0 aliphatic rings. The lowest BCUT2D eigenvalue weighted by atomic mass is 10.2. The lowest BCUT2D eigenvalue weighted by Crippen LogP contribution is -2.01. The molecule has 0 aromatic heterocycles. The van der Waals surface area contributed by atoms with Crippen molar-refractivity contribution in [3.05, 3.63) is 0 Å². The van der Waals surface area contributed by atoms with Crippen molar-refractivity contribution in [3.63, 3.8) is 0 Å². The van der Waals surface area contributed by atoms with Crippen LogP contribution in [0.3, 0.4) is 0 Å². The predicted molar refractivity (Wildman–Crippen MR) is 46.2 cm³/mol. The van der Waals surface area contributed by atoms with Gasteiger partial charge < -0.3 is 0 Å². The minimum Gasteiger partial charge on any atom is -0.0654 e. The highest BCUT2D eigenvalue weighted by Gasteiger charge is 1.87. The first-order chi connectivity index (χ1) is 4.41. The summed E-state index contributed by atoms with van der Waals surface area (Å²) < 4.78 is 0. The second kappa shape index (κ2) is 8.65. The van der Waals surface area contributed by atoms with Gasteiger partial charge >= 0.3 is 0 Å². The van der Waals surface area contributed by atoms with Crippen LogP contribution in [0.2, 0.25) is 6.04 Å². The van der Waals surface area contributed by atoms with Crippen LogP contribution in [-0.4, -0.2) is 27.4 Å². The molecule has 0 heterocycles. The minimum atomic E-state index is 1.00. The molecule has 3 heteroatoms. The fourth-order valence-electron chi connectivity index (χ4n) is 0.703. The third-order valence-electron chi connectivity index (χ3n) is 1.24. The number of hydrogen-bond donors (Lipinski definition) is 0. The van der Waals surface area contributed by atoms with Crippen molar-refractivity contribution >= 4 is 27.4 Å². The standard InChI is InChI=1S/C6H13Si3/c1-2-3-4-5-6-8-9-7/h2-6H2,1H3. The summed E-state index contributed by atoms with van der Waals surface area (Å²) in [6.45, 7) is 2.26. The van der Waals surface area contributed by atoms with E-state index in [1.165, 1.54) is 40.8 Å². The highest BCUT2D eigenvalue weighted by Crippen LogP contribution is 2.00. The Morgan fingerprint density at radius 1 is 1.22 bits per heavy atom. The van der Waals surface area contributed by atoms with E-state index in [2.05, 4.69) is 16.7 Å². The summed E-state index contributed by atoms with van der Waals surface area (Å²) in [5, 5.41) is 0. The summed E-state index contributed by atoms with van der Waals surface area (Å²) >= 11 is 0. The number of hydrogen-bond acceptors (Lipinski definition) is 0. The first kappa shape index (κ1) is 9.65. The second-order valence-corrected chi connectivity index (χ2v) is 7.28. The predicted octanol–water partition coefficient (Wildman–Crippen LogP) is 1.39. The van der Waals surface area contributed by atoms with E-state index in [-0.39, 0.29) is 0 Å². The van der Waals surface area contributed by atoms with E-state index in [0.29, 0.717) is 0 Å². The average Bonchev–Trinajstić information content (AvgIpc) is 1.89. The molecule has 0 N–H and O–H groups in total. The number of unbranched alkanes of at least 4 members (excludes halogenated alkanes) is 3. The van der Waals surface area contributed by atoms with Crippen molar-refractivity contribution in [3.8, 4) is 0 Å². The Morgan fingerprint density at radius 2 is 2.00 bits per heavy atom. The van der Waals surface area contributed by atoms with Crippen LogP contribution in [0.15, 0.2) is 0 Å². The molecule has 0 nitrogen and oxygen atoms in total. The van der Waals surface area contributed by atoms with E-state index in [4.69, 9.17) is 0 Å². The monoisotopic (exact) mass is 169 g/mol. The quantitative estimate of drug-likeness (QED) is 0.416. The highest BCUT2D eigenvalue weighted by molar-refractivity contribution is 7.23. The van der Waals surface area contributed by atoms with Crippen molar-refractivity contribution in [1.29, 1.82) is 0 Å². The first-order valence-corrected chi connectivity index (χ1v) is 8.27. The molecule has 0 aromatic rings. The maximum Gasteiger partial charge on any atom is 0.0180 e. The molecule has 0 bridgehead atoms. The summed E-state index contributed by atoms with van der Waals surface area (Å²) in [6.07, 6.45) is 5.68. The molecule has 0 saturated carbocycles. The second-order valence-electron chi connectivity index (χ2n) is 2.11. The van der Waals surface area contributed by atoms with Crippen molar-refractivity contribution in [1.82, 2.24) is 0 Å². The summed E-state index contributed by atoms with van der Waals surface area (Å²) in [5.74, 6) is 0. The Labute approximate surface area is 66.5 Å². The van der Waals surface area contributed by atoms with Gasteiger partial charge in [-0.3, -0.25) is 0 Å². The largest absolute Gasteiger partial charge is 0.0654 e. The minimum absolute atomic E-state index is 1.00. The zero-order valence-electron chi connectivity index (χ0n) is 6.04. The van der Waals surface area contributed by atoms with Gasteiger partial charge in [0.2, 0.25) is 0 Å². The lowest BCUT2D eigenvalue weighted by Gasteiger charge is -1.94. The molecule has 0 aliphatic carbocycles. The van der Waals surface area contributed by atoms with Crippen molar-refractivity contribution in [2.75, 3.05) is 0 Å². The SMILES string of the molecule is CCCCCC[Si][Si][Si]. The maximum atomic E-state index is 3.50. The molecule has 7 radical (unpaired) electrons. The Kier molecular flexibility index (Phi) is 9.28. The van der Waals surface area contributed by atoms with Crippen LogP contribution in [0.4, 0.5) is 0 Å². The molecule has 0 aromatic carbocycles. The van der Waals surface area contributed by atoms with Gasteiger partial charge in [0.25, 0.3) is 0 Å². The summed E-state index contributed by atoms with van der Waals surface area (Å²) in [6, 6.07) is 1.45. The fourth-order valence-corrected chi connectivity index (χ4v) is 3.28. The van der Waals surface area contributed by atoms with Crippen LogP contribution in [0.25, 0.3) is 0 Å². The average molecular weight is 169 g/mol. The summed E-state index contributed by atoms with van der Waals surface area (Å²) in [7, 11) is 5.67. The van der Waals surface area contributed by atoms with Crippen molar-refractivity contribution < 1.29 is 0 Å². The third kappa shape index (κ3) is 8.65. The van der Waals surface area contributed by atoms with E-state index >= 15 is 0 Å². The molecule has 0 saturated heterocycles. The van der Waals surface area contributed by atoms with Gasteiger partial charge in [-0.25, -0.2) is 0 Å². The Balaban J connectivity index is 2.60. The summed E-state index contributed by atoms with van der Waals surface area (Å²) in [5.41, 5.74) is 0. The fraction of sp³-hybridized carbons (Fsp3) is 1.00. The molecule has 0 amide bonds. The van der Waals surface area contributed by atoms with Gasteiger partial charge in [0.1, 0.15) is 0 Å². The van der Waals surface area contributed by atoms with Crippen LogP contribution >= 0.6 is 0 Å². The molecule has 0 unspecified atom stereocenters. The van der Waals surface area contributed by atoms with Gasteiger partial charge in [-0.15, -0.1) is 0 Å². The van der Waals surface area contributed by atoms with Gasteiger partial charge in [-0.05, 0) is 0 Å². The molecule has 0 rings (SSSR count). The number of rotatable bonds is 6. The zero-order valence-corrected chi connectivity index (χ0v) is 9.04. The highest BCUT2D eigenvalue weighted by atomic mass is 29.5. The molecule has 0 fully saturated rings. The van der Waals surface area contributed by atoms with Crippen LogP contribution in [0, 0.1) is 0 Å². The first-order valence-electron chi connectivity index (χ1n) is 3.56. The molecule has 0 spiro atoms. The van der Waals surface area contributed by atoms with E-state index in [9.17, 15) is 0 Å². The third-order valence-corrected chi connectivity index (χ3v) is 4.90. The van der Waals surface area contributed by atoms with E-state index < -0.39 is 0 Å². The Hall–Kier alpha value is 0.651. The molecular weight excluding hydrogens is 156 g/mol. The van der Waals surface area contributed by atoms with E-state index in [1.807, 2.05) is 0 Å². The van der Waals surface area contributed by atoms with Crippen LogP contribution in [0.5, 0.6) is 0 Å². The molecule has 9 heavy (non-hydrogen) atoms. The maximum absolute atomic E-state index is 3.50. The molecule has 0 atom stereocenters. The van der Waals surface area contributed by atoms with Gasteiger partial charge in [0.05, 0.1) is 0 Å². The van der Waals surface area contributed by atoms with Gasteiger partial charge in [0.15, 0.2) is 0 Å². The van der Waals surface area contributed by atoms with Crippen LogP contribution in [0.1, 0.15) is 32.6 Å². The van der Waals surface area contributed by atoms with Gasteiger partial charge in [-0.2, -0.15) is 0 Å². The van der Waals surface area contributed by atoms with E-state index in [1.54, 1.807) is 0 Å². The zero-order chi connectivity index (χ0) is 6.95. The topological polar surface area (TPSA) is 0 Å². The van der Waals surface area contributed by atoms with Gasteiger partial charge in [0, 0.05) is 27.4 Å². The Bertz CT molecular complexity index is 41.6. The van der Waals surface area contributed by atoms with Crippen LogP contribution in [-0.2, 0) is 0 Å². The van der Waals surface area contributed by atoms with Crippen molar-refractivity contribution in [2.24, 2.45) is 0 Å². The summed E-state index contributed by atoms with van der Waals surface area (Å²) in [4.78, 5) is 0. The smallest absolute Gasteiger partial charge is 0.0180 e. The van der Waals surface area contributed by atoms with E-state index in [0.717, 1.165) is 8.55 Å².